The van der Waals surface area contributed by atoms with Crippen LogP contribution in [0.5, 0.6) is 0 Å². The second-order valence-electron chi connectivity index (χ2n) is 7.09. The summed E-state index contributed by atoms with van der Waals surface area (Å²) >= 11 is 0. The van der Waals surface area contributed by atoms with Gasteiger partial charge in [-0.3, -0.25) is 14.4 Å². The van der Waals surface area contributed by atoms with E-state index in [1.165, 1.54) is 9.96 Å². The molecule has 1 aromatic rings. The minimum Gasteiger partial charge on any atom is -0.309 e. The number of amides is 4. The Hall–Kier alpha value is -2.45. The van der Waals surface area contributed by atoms with Crippen LogP contribution < -0.4 is 5.84 Å². The molecule has 8 nitrogen and oxygen atoms in total. The molecular formula is C18H22N4O4. The lowest BCUT2D eigenvalue weighted by Crippen LogP contribution is -2.55. The lowest BCUT2D eigenvalue weighted by molar-refractivity contribution is -0.149. The first kappa shape index (κ1) is 17.0. The topological polar surface area (TPSA) is 96.2 Å². The summed E-state index contributed by atoms with van der Waals surface area (Å²) in [7, 11) is 0. The van der Waals surface area contributed by atoms with Crippen LogP contribution in [0.3, 0.4) is 0 Å². The monoisotopic (exact) mass is 358 g/mol. The van der Waals surface area contributed by atoms with Crippen molar-refractivity contribution < 1.29 is 19.2 Å². The number of hydroxylamine groups is 2. The molecular weight excluding hydrogens is 336 g/mol. The molecule has 4 amide bonds. The number of nitrogens with zero attached hydrogens (tertiary/aromatic N) is 3. The molecule has 2 atom stereocenters. The van der Waals surface area contributed by atoms with Crippen molar-refractivity contribution in [1.82, 2.24) is 15.0 Å². The van der Waals surface area contributed by atoms with Gasteiger partial charge in [0, 0.05) is 12.5 Å². The van der Waals surface area contributed by atoms with Gasteiger partial charge in [-0.15, -0.1) is 0 Å². The predicted molar refractivity (Wildman–Crippen MR) is 90.7 cm³/mol. The van der Waals surface area contributed by atoms with Crippen molar-refractivity contribution in [1.29, 1.82) is 0 Å². The Kier molecular flexibility index (Phi) is 4.37. The number of urea groups is 1. The van der Waals surface area contributed by atoms with Gasteiger partial charge < -0.3 is 4.90 Å². The van der Waals surface area contributed by atoms with Gasteiger partial charge in [0.15, 0.2) is 0 Å². The summed E-state index contributed by atoms with van der Waals surface area (Å²) in [5.41, 5.74) is 0.965. The van der Waals surface area contributed by atoms with Gasteiger partial charge in [-0.1, -0.05) is 30.3 Å². The van der Waals surface area contributed by atoms with Crippen LogP contribution in [0.1, 0.15) is 31.2 Å². The SMILES string of the molecule is NN(C(=O)C1CC1)C(=O)C1CCC2CN1C(=O)N2OCc1ccccc1. The fourth-order valence-corrected chi connectivity index (χ4v) is 3.57. The maximum atomic E-state index is 12.7. The molecule has 2 unspecified atom stereocenters. The summed E-state index contributed by atoms with van der Waals surface area (Å²) in [5.74, 6) is 4.74. The summed E-state index contributed by atoms with van der Waals surface area (Å²) in [5, 5.41) is 2.08. The standard InChI is InChI=1S/C18H22N4O4/c19-21(16(23)13-6-7-13)17(24)15-9-8-14-10-20(15)18(25)22(14)26-11-12-4-2-1-3-5-12/h1-5,13-15H,6-11,19H2. The van der Waals surface area contributed by atoms with Crippen LogP contribution in [0.25, 0.3) is 0 Å². The minimum absolute atomic E-state index is 0.0828. The highest BCUT2D eigenvalue weighted by atomic mass is 16.7. The van der Waals surface area contributed by atoms with E-state index < -0.39 is 11.9 Å². The quantitative estimate of drug-likeness (QED) is 0.367. The predicted octanol–water partition coefficient (Wildman–Crippen LogP) is 1.03. The van der Waals surface area contributed by atoms with Crippen LogP contribution in [0.4, 0.5) is 4.79 Å². The number of rotatable bonds is 5. The molecule has 0 radical (unpaired) electrons. The van der Waals surface area contributed by atoms with E-state index in [4.69, 9.17) is 10.7 Å². The lowest BCUT2D eigenvalue weighted by Gasteiger charge is -2.31. The van der Waals surface area contributed by atoms with Gasteiger partial charge in [-0.2, -0.15) is 5.06 Å². The molecule has 2 N–H and O–H groups in total. The van der Waals surface area contributed by atoms with Crippen molar-refractivity contribution in [3.63, 3.8) is 0 Å². The molecule has 4 rings (SSSR count). The zero-order valence-corrected chi connectivity index (χ0v) is 14.4. The van der Waals surface area contributed by atoms with E-state index in [1.807, 2.05) is 30.3 Å². The van der Waals surface area contributed by atoms with Gasteiger partial charge in [-0.25, -0.2) is 15.6 Å². The zero-order chi connectivity index (χ0) is 18.3. The summed E-state index contributed by atoms with van der Waals surface area (Å²) in [6.45, 7) is 0.703. The third-order valence-electron chi connectivity index (χ3n) is 5.22. The highest BCUT2D eigenvalue weighted by Gasteiger charge is 2.49. The molecule has 3 aliphatic rings. The summed E-state index contributed by atoms with van der Waals surface area (Å²) in [4.78, 5) is 44.5. The molecule has 2 heterocycles. The van der Waals surface area contributed by atoms with Crippen LogP contribution in [-0.4, -0.2) is 51.4 Å². The van der Waals surface area contributed by atoms with Gasteiger partial charge >= 0.3 is 6.03 Å². The number of hydrazine groups is 1. The third kappa shape index (κ3) is 3.06. The molecule has 1 saturated carbocycles. The van der Waals surface area contributed by atoms with Crippen molar-refractivity contribution in [3.8, 4) is 0 Å². The smallest absolute Gasteiger partial charge is 0.309 e. The summed E-state index contributed by atoms with van der Waals surface area (Å²) < 4.78 is 0. The van der Waals surface area contributed by atoms with Gasteiger partial charge in [-0.05, 0) is 31.2 Å². The number of nitrogens with two attached hydrogens (primary N) is 1. The van der Waals surface area contributed by atoms with E-state index in [1.54, 1.807) is 0 Å². The van der Waals surface area contributed by atoms with E-state index >= 15 is 0 Å². The molecule has 1 aromatic carbocycles. The van der Waals surface area contributed by atoms with E-state index in [0.29, 0.717) is 31.0 Å². The fraction of sp³-hybridized carbons (Fsp3) is 0.500. The van der Waals surface area contributed by atoms with Crippen LogP contribution in [0, 0.1) is 5.92 Å². The molecule has 2 saturated heterocycles. The third-order valence-corrected chi connectivity index (χ3v) is 5.22. The van der Waals surface area contributed by atoms with Crippen molar-refractivity contribution in [2.24, 2.45) is 11.8 Å². The maximum absolute atomic E-state index is 12.7. The van der Waals surface area contributed by atoms with Gasteiger partial charge in [0.05, 0.1) is 6.04 Å². The van der Waals surface area contributed by atoms with Crippen LogP contribution in [0.2, 0.25) is 0 Å². The first-order chi connectivity index (χ1) is 12.6. The van der Waals surface area contributed by atoms with Crippen molar-refractivity contribution >= 4 is 17.8 Å². The minimum atomic E-state index is -0.697. The number of imide groups is 1. The largest absolute Gasteiger partial charge is 0.345 e. The Labute approximate surface area is 151 Å². The van der Waals surface area contributed by atoms with Gasteiger partial charge in [0.25, 0.3) is 5.91 Å². The molecule has 2 aliphatic heterocycles. The molecule has 138 valence electrons. The first-order valence-electron chi connectivity index (χ1n) is 8.95. The van der Waals surface area contributed by atoms with Crippen molar-refractivity contribution in [3.05, 3.63) is 35.9 Å². The Morgan fingerprint density at radius 1 is 1.12 bits per heavy atom. The number of piperidine rings is 1. The number of fused-ring (bicyclic) bond motifs is 2. The number of carbonyl (C=O) groups excluding carboxylic acids is 3. The summed E-state index contributed by atoms with van der Waals surface area (Å²) in [6.07, 6.45) is 2.66. The fourth-order valence-electron chi connectivity index (χ4n) is 3.57. The second kappa shape index (κ2) is 6.69. The molecule has 1 aliphatic carbocycles. The first-order valence-corrected chi connectivity index (χ1v) is 8.95. The maximum Gasteiger partial charge on any atom is 0.345 e. The molecule has 8 heteroatoms. The second-order valence-corrected chi connectivity index (χ2v) is 7.09. The van der Waals surface area contributed by atoms with E-state index in [0.717, 1.165) is 18.4 Å². The average Bonchev–Trinajstić information content (AvgIpc) is 3.49. The van der Waals surface area contributed by atoms with Gasteiger partial charge in [0.2, 0.25) is 5.91 Å². The Balaban J connectivity index is 1.41. The van der Waals surface area contributed by atoms with Gasteiger partial charge in [0.1, 0.15) is 12.6 Å². The number of hydrogen-bond acceptors (Lipinski definition) is 5. The molecule has 26 heavy (non-hydrogen) atoms. The highest BCUT2D eigenvalue weighted by molar-refractivity contribution is 6.00. The molecule has 3 fully saturated rings. The Morgan fingerprint density at radius 2 is 1.85 bits per heavy atom. The van der Waals surface area contributed by atoms with Crippen molar-refractivity contribution in [2.45, 2.75) is 44.4 Å². The number of carbonyl (C=O) groups is 3. The Morgan fingerprint density at radius 3 is 2.54 bits per heavy atom. The van der Waals surface area contributed by atoms with Crippen LogP contribution in [0.15, 0.2) is 30.3 Å². The molecule has 0 aromatic heterocycles. The lowest BCUT2D eigenvalue weighted by atomic mass is 10.00. The van der Waals surface area contributed by atoms with Crippen molar-refractivity contribution in [2.75, 3.05) is 6.54 Å². The average molecular weight is 358 g/mol. The Bertz CT molecular complexity index is 721. The van der Waals surface area contributed by atoms with E-state index in [-0.39, 0.29) is 23.9 Å². The molecule has 2 bridgehead atoms. The van der Waals surface area contributed by atoms with E-state index in [2.05, 4.69) is 0 Å². The van der Waals surface area contributed by atoms with Crippen LogP contribution in [-0.2, 0) is 21.0 Å². The normalized spacial score (nSPS) is 24.7. The summed E-state index contributed by atoms with van der Waals surface area (Å²) in [6, 6.07) is 8.47. The number of hydrogen-bond donors (Lipinski definition) is 1. The number of benzene rings is 1. The highest BCUT2D eigenvalue weighted by Crippen LogP contribution is 2.33. The van der Waals surface area contributed by atoms with E-state index in [9.17, 15) is 14.4 Å². The molecule has 0 spiro atoms. The van der Waals surface area contributed by atoms with Crippen LogP contribution >= 0.6 is 0 Å². The zero-order valence-electron chi connectivity index (χ0n) is 14.4.